The van der Waals surface area contributed by atoms with E-state index in [0.29, 0.717) is 23.2 Å². The van der Waals surface area contributed by atoms with Crippen LogP contribution in [0.15, 0.2) is 27.4 Å². The summed E-state index contributed by atoms with van der Waals surface area (Å²) in [7, 11) is 0. The summed E-state index contributed by atoms with van der Waals surface area (Å²) in [5.74, 6) is 1.03. The van der Waals surface area contributed by atoms with Crippen LogP contribution in [0, 0.1) is 7.14 Å². The monoisotopic (exact) mass is 577 g/mol. The Bertz CT molecular complexity index is 873. The number of hydrogen-bond acceptors (Lipinski definition) is 5. The van der Waals surface area contributed by atoms with Gasteiger partial charge in [-0.3, -0.25) is 0 Å². The zero-order valence-electron chi connectivity index (χ0n) is 15.6. The second-order valence-electron chi connectivity index (χ2n) is 8.23. The molecule has 0 fully saturated rings. The van der Waals surface area contributed by atoms with Crippen molar-refractivity contribution in [3.63, 3.8) is 0 Å². The lowest BCUT2D eigenvalue weighted by Gasteiger charge is -2.13. The highest BCUT2D eigenvalue weighted by atomic mass is 127. The first-order valence-corrected chi connectivity index (χ1v) is 10.4. The molecular formula is C19H21I2N3O2. The van der Waals surface area contributed by atoms with Crippen molar-refractivity contribution < 1.29 is 8.83 Å². The first-order chi connectivity index (χ1) is 12.0. The van der Waals surface area contributed by atoms with E-state index < -0.39 is 0 Å². The summed E-state index contributed by atoms with van der Waals surface area (Å²) in [6, 6.07) is 2.04. The Morgan fingerprint density at radius 3 is 1.38 bits per heavy atom. The number of aromatic nitrogens is 3. The van der Waals surface area contributed by atoms with E-state index in [0.717, 1.165) is 18.5 Å². The van der Waals surface area contributed by atoms with E-state index in [4.69, 9.17) is 13.8 Å². The third-order valence-electron chi connectivity index (χ3n) is 3.88. The van der Waals surface area contributed by atoms with E-state index in [9.17, 15) is 0 Å². The standard InChI is InChI=1S/C19H21I2N3O2/c1-18(2,3)12-8-25-16(22-12)14-10(20)7-11(21)15(24-14)17-23-13(9-26-17)19(4,5)6/h7-9H,1-6H3. The van der Waals surface area contributed by atoms with Crippen molar-refractivity contribution in [1.82, 2.24) is 15.0 Å². The van der Waals surface area contributed by atoms with Crippen LogP contribution in [-0.2, 0) is 10.8 Å². The molecule has 0 bridgehead atoms. The van der Waals surface area contributed by atoms with Crippen molar-refractivity contribution in [2.24, 2.45) is 0 Å². The molecule has 0 aliphatic carbocycles. The van der Waals surface area contributed by atoms with Gasteiger partial charge in [-0.25, -0.2) is 15.0 Å². The minimum Gasteiger partial charge on any atom is -0.443 e. The molecule has 0 atom stereocenters. The number of oxazole rings is 2. The van der Waals surface area contributed by atoms with Crippen molar-refractivity contribution >= 4 is 45.2 Å². The lowest BCUT2D eigenvalue weighted by molar-refractivity contribution is 0.541. The zero-order chi connectivity index (χ0) is 19.3. The molecule has 0 unspecified atom stereocenters. The molecule has 0 aliphatic heterocycles. The fourth-order valence-corrected chi connectivity index (χ4v) is 4.14. The van der Waals surface area contributed by atoms with Gasteiger partial charge in [0.1, 0.15) is 23.9 Å². The van der Waals surface area contributed by atoms with Gasteiger partial charge >= 0.3 is 0 Å². The summed E-state index contributed by atoms with van der Waals surface area (Å²) in [6.45, 7) is 12.6. The summed E-state index contributed by atoms with van der Waals surface area (Å²) in [4.78, 5) is 14.0. The predicted octanol–water partition coefficient (Wildman–Crippen LogP) is 6.20. The number of halogens is 2. The molecule has 5 nitrogen and oxygen atoms in total. The van der Waals surface area contributed by atoms with Gasteiger partial charge in [-0.2, -0.15) is 0 Å². The second-order valence-corrected chi connectivity index (χ2v) is 10.5. The van der Waals surface area contributed by atoms with Gasteiger partial charge in [0.15, 0.2) is 0 Å². The molecule has 0 amide bonds. The van der Waals surface area contributed by atoms with Gasteiger partial charge in [-0.1, -0.05) is 41.5 Å². The lowest BCUT2D eigenvalue weighted by atomic mass is 9.93. The Kier molecular flexibility index (Phi) is 5.24. The molecule has 7 heteroatoms. The van der Waals surface area contributed by atoms with Gasteiger partial charge in [0.2, 0.25) is 11.8 Å². The zero-order valence-corrected chi connectivity index (χ0v) is 20.0. The molecule has 26 heavy (non-hydrogen) atoms. The topological polar surface area (TPSA) is 65.0 Å². The van der Waals surface area contributed by atoms with Crippen molar-refractivity contribution in [1.29, 1.82) is 0 Å². The Hall–Kier alpha value is -0.970. The minimum absolute atomic E-state index is 0.0800. The number of hydrogen-bond donors (Lipinski definition) is 0. The number of rotatable bonds is 2. The normalized spacial score (nSPS) is 12.6. The maximum Gasteiger partial charge on any atom is 0.246 e. The van der Waals surface area contributed by atoms with Gasteiger partial charge < -0.3 is 8.83 Å². The molecule has 0 aromatic carbocycles. The fraction of sp³-hybridized carbons (Fsp3) is 0.421. The molecule has 3 aromatic rings. The summed E-state index contributed by atoms with van der Waals surface area (Å²) < 4.78 is 13.4. The van der Waals surface area contributed by atoms with Crippen LogP contribution in [0.5, 0.6) is 0 Å². The molecule has 0 spiro atoms. The average molecular weight is 577 g/mol. The van der Waals surface area contributed by atoms with E-state index in [1.54, 1.807) is 12.5 Å². The maximum absolute atomic E-state index is 5.72. The van der Waals surface area contributed by atoms with E-state index >= 15 is 0 Å². The van der Waals surface area contributed by atoms with Gasteiger partial charge in [0.25, 0.3) is 0 Å². The smallest absolute Gasteiger partial charge is 0.246 e. The van der Waals surface area contributed by atoms with Crippen LogP contribution in [0.2, 0.25) is 0 Å². The van der Waals surface area contributed by atoms with E-state index in [1.807, 2.05) is 6.07 Å². The summed E-state index contributed by atoms with van der Waals surface area (Å²) in [5, 5.41) is 0. The second kappa shape index (κ2) is 6.88. The summed E-state index contributed by atoms with van der Waals surface area (Å²) in [6.07, 6.45) is 3.40. The third kappa shape index (κ3) is 3.97. The lowest BCUT2D eigenvalue weighted by Crippen LogP contribution is -2.11. The van der Waals surface area contributed by atoms with Crippen LogP contribution in [-0.4, -0.2) is 15.0 Å². The Balaban J connectivity index is 2.08. The summed E-state index contributed by atoms with van der Waals surface area (Å²) >= 11 is 4.51. The first kappa shape index (κ1) is 19.8. The Morgan fingerprint density at radius 2 is 1.08 bits per heavy atom. The highest BCUT2D eigenvalue weighted by Crippen LogP contribution is 2.33. The molecule has 0 aliphatic rings. The van der Waals surface area contributed by atoms with Gasteiger partial charge in [0.05, 0.1) is 11.4 Å². The maximum atomic E-state index is 5.72. The van der Waals surface area contributed by atoms with Gasteiger partial charge in [-0.05, 0) is 51.2 Å². The van der Waals surface area contributed by atoms with Crippen LogP contribution in [0.4, 0.5) is 0 Å². The van der Waals surface area contributed by atoms with Crippen molar-refractivity contribution in [3.8, 4) is 23.2 Å². The Morgan fingerprint density at radius 1 is 0.692 bits per heavy atom. The Labute approximate surface area is 180 Å². The van der Waals surface area contributed by atoms with Crippen LogP contribution in [0.1, 0.15) is 52.9 Å². The fourth-order valence-electron chi connectivity index (χ4n) is 2.22. The van der Waals surface area contributed by atoms with Crippen LogP contribution in [0.3, 0.4) is 0 Å². The van der Waals surface area contributed by atoms with Gasteiger partial charge in [-0.15, -0.1) is 0 Å². The van der Waals surface area contributed by atoms with Crippen LogP contribution < -0.4 is 0 Å². The molecular weight excluding hydrogens is 556 g/mol. The molecule has 3 heterocycles. The predicted molar refractivity (Wildman–Crippen MR) is 118 cm³/mol. The molecule has 0 N–H and O–H groups in total. The highest BCUT2D eigenvalue weighted by Gasteiger charge is 2.24. The molecule has 3 rings (SSSR count). The van der Waals surface area contributed by atoms with Gasteiger partial charge in [0, 0.05) is 18.0 Å². The van der Waals surface area contributed by atoms with Crippen LogP contribution >= 0.6 is 45.2 Å². The van der Waals surface area contributed by atoms with E-state index in [-0.39, 0.29) is 10.8 Å². The van der Waals surface area contributed by atoms with Crippen molar-refractivity contribution in [3.05, 3.63) is 37.1 Å². The number of pyridine rings is 1. The SMILES string of the molecule is CC(C)(C)c1coc(-c2nc(-c3nc(C(C)(C)C)co3)c(I)cc2I)n1. The summed E-state index contributed by atoms with van der Waals surface area (Å²) in [5.41, 5.74) is 3.04. The minimum atomic E-state index is -0.0800. The third-order valence-corrected chi connectivity index (χ3v) is 5.52. The number of nitrogens with zero attached hydrogens (tertiary/aromatic N) is 3. The van der Waals surface area contributed by atoms with Crippen LogP contribution in [0.25, 0.3) is 23.2 Å². The molecule has 0 radical (unpaired) electrons. The quantitative estimate of drug-likeness (QED) is 0.340. The molecule has 0 saturated heterocycles. The highest BCUT2D eigenvalue weighted by molar-refractivity contribution is 14.1. The largest absolute Gasteiger partial charge is 0.443 e. The first-order valence-electron chi connectivity index (χ1n) is 8.25. The molecule has 138 valence electrons. The molecule has 0 saturated carbocycles. The molecule has 3 aromatic heterocycles. The van der Waals surface area contributed by atoms with E-state index in [1.165, 1.54) is 0 Å². The van der Waals surface area contributed by atoms with Crippen molar-refractivity contribution in [2.45, 2.75) is 52.4 Å². The average Bonchev–Trinajstić information content (AvgIpc) is 3.15. The van der Waals surface area contributed by atoms with Crippen molar-refractivity contribution in [2.75, 3.05) is 0 Å². The van der Waals surface area contributed by atoms with E-state index in [2.05, 4.69) is 96.7 Å².